The van der Waals surface area contributed by atoms with Crippen LogP contribution in [0.25, 0.3) is 0 Å². The van der Waals surface area contributed by atoms with E-state index < -0.39 is 0 Å². The lowest BCUT2D eigenvalue weighted by Crippen LogP contribution is -2.13. The van der Waals surface area contributed by atoms with Crippen LogP contribution in [0.1, 0.15) is 10.5 Å². The number of hydrogen-bond acceptors (Lipinski definition) is 4. The molecular weight excluding hydrogens is 338 g/mol. The number of carbonyl (C=O) groups is 1. The fourth-order valence-electron chi connectivity index (χ4n) is 2.20. The van der Waals surface area contributed by atoms with Gasteiger partial charge in [0.2, 0.25) is 0 Å². The highest BCUT2D eigenvalue weighted by Crippen LogP contribution is 2.20. The number of carbonyl (C=O) groups excluding carboxylic acids is 1. The Morgan fingerprint density at radius 2 is 1.64 bits per heavy atom. The smallest absolute Gasteiger partial charge is 0.274 e. The molecule has 0 fully saturated rings. The van der Waals surface area contributed by atoms with Gasteiger partial charge in [0.25, 0.3) is 5.91 Å². The van der Waals surface area contributed by atoms with Crippen molar-refractivity contribution in [3.05, 3.63) is 77.6 Å². The summed E-state index contributed by atoms with van der Waals surface area (Å²) in [6.45, 7) is 0. The van der Waals surface area contributed by atoms with Gasteiger partial charge in [0.1, 0.15) is 11.4 Å². The van der Waals surface area contributed by atoms with Crippen LogP contribution in [0.4, 0.5) is 17.1 Å². The summed E-state index contributed by atoms with van der Waals surface area (Å²) in [6.07, 6.45) is 1.58. The first-order chi connectivity index (χ1) is 12.1. The van der Waals surface area contributed by atoms with Gasteiger partial charge in [0, 0.05) is 28.3 Å². The van der Waals surface area contributed by atoms with E-state index in [-0.39, 0.29) is 5.91 Å². The molecule has 1 aromatic heterocycles. The number of nitrogens with one attached hydrogen (secondary N) is 2. The van der Waals surface area contributed by atoms with Gasteiger partial charge in [-0.25, -0.2) is 0 Å². The van der Waals surface area contributed by atoms with Gasteiger partial charge in [0.05, 0.1) is 7.11 Å². The summed E-state index contributed by atoms with van der Waals surface area (Å²) in [6, 6.07) is 17.9. The fourth-order valence-corrected chi connectivity index (χ4v) is 2.33. The van der Waals surface area contributed by atoms with Crippen LogP contribution >= 0.6 is 11.6 Å². The Kier molecular flexibility index (Phi) is 5.16. The van der Waals surface area contributed by atoms with Crippen LogP contribution in [-0.2, 0) is 0 Å². The maximum atomic E-state index is 12.4. The Hall–Kier alpha value is -3.05. The van der Waals surface area contributed by atoms with E-state index in [0.29, 0.717) is 16.4 Å². The number of halogens is 1. The van der Waals surface area contributed by atoms with Crippen molar-refractivity contribution in [2.45, 2.75) is 0 Å². The number of rotatable bonds is 5. The first kappa shape index (κ1) is 16.8. The summed E-state index contributed by atoms with van der Waals surface area (Å²) in [7, 11) is 1.59. The zero-order chi connectivity index (χ0) is 17.6. The summed E-state index contributed by atoms with van der Waals surface area (Å²) < 4.78 is 5.10. The van der Waals surface area contributed by atoms with Crippen molar-refractivity contribution in [1.82, 2.24) is 4.98 Å². The minimum atomic E-state index is -0.287. The van der Waals surface area contributed by atoms with Crippen LogP contribution in [0.15, 0.2) is 66.9 Å². The second-order valence-electron chi connectivity index (χ2n) is 5.24. The first-order valence-corrected chi connectivity index (χ1v) is 7.96. The minimum Gasteiger partial charge on any atom is -0.497 e. The maximum absolute atomic E-state index is 12.4. The predicted octanol–water partition coefficient (Wildman–Crippen LogP) is 4.74. The molecule has 3 rings (SSSR count). The van der Waals surface area contributed by atoms with Gasteiger partial charge < -0.3 is 15.4 Å². The van der Waals surface area contributed by atoms with E-state index in [1.165, 1.54) is 0 Å². The molecule has 126 valence electrons. The van der Waals surface area contributed by atoms with Crippen LogP contribution in [0, 0.1) is 0 Å². The molecule has 1 heterocycles. The molecule has 25 heavy (non-hydrogen) atoms. The van der Waals surface area contributed by atoms with Gasteiger partial charge in [-0.3, -0.25) is 9.78 Å². The molecule has 2 aromatic carbocycles. The number of aromatic nitrogens is 1. The number of methoxy groups -OCH3 is 1. The van der Waals surface area contributed by atoms with Crippen molar-refractivity contribution >= 4 is 34.6 Å². The molecule has 0 aliphatic rings. The third kappa shape index (κ3) is 4.49. The zero-order valence-corrected chi connectivity index (χ0v) is 14.2. The Balaban J connectivity index is 1.71. The SMILES string of the molecule is COc1ccc(NC(=O)c2cc(Nc3ccc(Cl)cc3)ccn2)cc1. The van der Waals surface area contributed by atoms with Gasteiger partial charge in [-0.2, -0.15) is 0 Å². The van der Waals surface area contributed by atoms with E-state index in [9.17, 15) is 4.79 Å². The fraction of sp³-hybridized carbons (Fsp3) is 0.0526. The van der Waals surface area contributed by atoms with E-state index in [4.69, 9.17) is 16.3 Å². The molecule has 0 aliphatic carbocycles. The van der Waals surface area contributed by atoms with Crippen molar-refractivity contribution in [1.29, 1.82) is 0 Å². The Bertz CT molecular complexity index is 865. The van der Waals surface area contributed by atoms with Gasteiger partial charge in [-0.1, -0.05) is 11.6 Å². The lowest BCUT2D eigenvalue weighted by atomic mass is 10.2. The predicted molar refractivity (Wildman–Crippen MR) is 99.9 cm³/mol. The molecule has 0 bridgehead atoms. The monoisotopic (exact) mass is 353 g/mol. The molecule has 0 unspecified atom stereocenters. The molecule has 2 N–H and O–H groups in total. The zero-order valence-electron chi connectivity index (χ0n) is 13.5. The minimum absolute atomic E-state index is 0.287. The summed E-state index contributed by atoms with van der Waals surface area (Å²) >= 11 is 5.88. The lowest BCUT2D eigenvalue weighted by molar-refractivity contribution is 0.102. The number of ether oxygens (including phenoxy) is 1. The second kappa shape index (κ2) is 7.68. The average Bonchev–Trinajstić information content (AvgIpc) is 2.64. The molecule has 0 saturated heterocycles. The summed E-state index contributed by atoms with van der Waals surface area (Å²) in [5.41, 5.74) is 2.62. The number of hydrogen-bond donors (Lipinski definition) is 2. The number of benzene rings is 2. The quantitative estimate of drug-likeness (QED) is 0.695. The van der Waals surface area contributed by atoms with Crippen LogP contribution in [0.2, 0.25) is 5.02 Å². The second-order valence-corrected chi connectivity index (χ2v) is 5.68. The number of pyridine rings is 1. The van der Waals surface area contributed by atoms with E-state index in [2.05, 4.69) is 15.6 Å². The van der Waals surface area contributed by atoms with E-state index in [1.54, 1.807) is 61.8 Å². The van der Waals surface area contributed by atoms with Crippen molar-refractivity contribution in [3.8, 4) is 5.75 Å². The first-order valence-electron chi connectivity index (χ1n) is 7.58. The number of anilines is 3. The van der Waals surface area contributed by atoms with E-state index >= 15 is 0 Å². The highest BCUT2D eigenvalue weighted by molar-refractivity contribution is 6.30. The molecular formula is C19H16ClN3O2. The van der Waals surface area contributed by atoms with Crippen LogP contribution in [0.5, 0.6) is 5.75 Å². The standard InChI is InChI=1S/C19H16ClN3O2/c1-25-17-8-6-15(7-9-17)23-19(24)18-12-16(10-11-21-18)22-14-4-2-13(20)3-5-14/h2-12H,1H3,(H,21,22)(H,23,24). The molecule has 0 aliphatic heterocycles. The topological polar surface area (TPSA) is 63.2 Å². The van der Waals surface area contributed by atoms with E-state index in [0.717, 1.165) is 17.1 Å². The third-order valence-electron chi connectivity index (χ3n) is 3.47. The van der Waals surface area contributed by atoms with Gasteiger partial charge >= 0.3 is 0 Å². The Morgan fingerprint density at radius 1 is 0.960 bits per heavy atom. The largest absolute Gasteiger partial charge is 0.497 e. The molecule has 0 spiro atoms. The van der Waals surface area contributed by atoms with E-state index in [1.807, 2.05) is 12.1 Å². The van der Waals surface area contributed by atoms with Crippen molar-refractivity contribution < 1.29 is 9.53 Å². The molecule has 3 aromatic rings. The van der Waals surface area contributed by atoms with Crippen LogP contribution in [-0.4, -0.2) is 18.0 Å². The molecule has 0 radical (unpaired) electrons. The van der Waals surface area contributed by atoms with Crippen molar-refractivity contribution in [2.75, 3.05) is 17.7 Å². The van der Waals surface area contributed by atoms with Crippen molar-refractivity contribution in [2.24, 2.45) is 0 Å². The molecule has 5 nitrogen and oxygen atoms in total. The Labute approximate surface area is 150 Å². The van der Waals surface area contributed by atoms with Crippen LogP contribution < -0.4 is 15.4 Å². The molecule has 6 heteroatoms. The molecule has 0 atom stereocenters. The van der Waals surface area contributed by atoms with Gasteiger partial charge in [-0.15, -0.1) is 0 Å². The van der Waals surface area contributed by atoms with Gasteiger partial charge in [0.15, 0.2) is 0 Å². The third-order valence-corrected chi connectivity index (χ3v) is 3.73. The molecule has 0 saturated carbocycles. The molecule has 1 amide bonds. The average molecular weight is 354 g/mol. The summed E-state index contributed by atoms with van der Waals surface area (Å²) in [4.78, 5) is 16.5. The maximum Gasteiger partial charge on any atom is 0.274 e. The summed E-state index contributed by atoms with van der Waals surface area (Å²) in [5, 5.41) is 6.68. The number of amides is 1. The number of nitrogens with zero attached hydrogens (tertiary/aromatic N) is 1. The van der Waals surface area contributed by atoms with Crippen LogP contribution in [0.3, 0.4) is 0 Å². The lowest BCUT2D eigenvalue weighted by Gasteiger charge is -2.09. The Morgan fingerprint density at radius 3 is 2.32 bits per heavy atom. The van der Waals surface area contributed by atoms with Gasteiger partial charge in [-0.05, 0) is 60.7 Å². The summed E-state index contributed by atoms with van der Waals surface area (Å²) in [5.74, 6) is 0.440. The van der Waals surface area contributed by atoms with Crippen molar-refractivity contribution in [3.63, 3.8) is 0 Å². The normalized spacial score (nSPS) is 10.2. The highest BCUT2D eigenvalue weighted by Gasteiger charge is 2.09. The highest BCUT2D eigenvalue weighted by atomic mass is 35.5.